The highest BCUT2D eigenvalue weighted by molar-refractivity contribution is 5.99. The maximum atomic E-state index is 12.9. The van der Waals surface area contributed by atoms with Crippen molar-refractivity contribution >= 4 is 17.4 Å². The highest BCUT2D eigenvalue weighted by Gasteiger charge is 2.37. The molecule has 0 aliphatic carbocycles. The molecule has 6 nitrogen and oxygen atoms in total. The molecular formula is C21H23N5O. The predicted octanol–water partition coefficient (Wildman–Crippen LogP) is 2.19. The molecule has 27 heavy (non-hydrogen) atoms. The molecule has 0 radical (unpaired) electrons. The third-order valence-electron chi connectivity index (χ3n) is 5.51. The third-order valence-corrected chi connectivity index (χ3v) is 5.51. The van der Waals surface area contributed by atoms with Crippen LogP contribution in [0.4, 0.5) is 11.5 Å². The standard InChI is InChI=1S/C21H23N5O/c1-16-7-8-20(23-18(16)15-22)25-13-11-24(12-14-25)19-9-10-26(21(19)27)17-5-3-2-4-6-17/h2-8,19H,9-14H2,1H3. The second-order valence-electron chi connectivity index (χ2n) is 7.10. The van der Waals surface area contributed by atoms with E-state index in [1.165, 1.54) is 0 Å². The van der Waals surface area contributed by atoms with Crippen molar-refractivity contribution in [2.24, 2.45) is 0 Å². The smallest absolute Gasteiger partial charge is 0.244 e. The molecule has 1 atom stereocenters. The number of hydrogen-bond donors (Lipinski definition) is 0. The number of para-hydroxylation sites is 1. The fraction of sp³-hybridized carbons (Fsp3) is 0.381. The lowest BCUT2D eigenvalue weighted by molar-refractivity contribution is -0.121. The van der Waals surface area contributed by atoms with Gasteiger partial charge >= 0.3 is 0 Å². The lowest BCUT2D eigenvalue weighted by Crippen LogP contribution is -2.52. The molecule has 3 heterocycles. The monoisotopic (exact) mass is 361 g/mol. The average molecular weight is 361 g/mol. The molecule has 1 amide bonds. The number of pyridine rings is 1. The minimum absolute atomic E-state index is 0.0343. The summed E-state index contributed by atoms with van der Waals surface area (Å²) in [5, 5.41) is 9.19. The van der Waals surface area contributed by atoms with Gasteiger partial charge in [-0.3, -0.25) is 9.69 Å². The Bertz CT molecular complexity index is 868. The Morgan fingerprint density at radius 2 is 1.78 bits per heavy atom. The van der Waals surface area contributed by atoms with Gasteiger partial charge in [0.15, 0.2) is 0 Å². The van der Waals surface area contributed by atoms with Crippen molar-refractivity contribution in [3.8, 4) is 6.07 Å². The molecule has 2 fully saturated rings. The predicted molar refractivity (Wildman–Crippen MR) is 105 cm³/mol. The molecule has 1 unspecified atom stereocenters. The first-order valence-electron chi connectivity index (χ1n) is 9.40. The van der Waals surface area contributed by atoms with Gasteiger partial charge in [0.05, 0.1) is 6.04 Å². The molecule has 0 N–H and O–H groups in total. The summed E-state index contributed by atoms with van der Waals surface area (Å²) in [6, 6.07) is 15.9. The van der Waals surface area contributed by atoms with E-state index in [1.807, 2.05) is 54.3 Å². The van der Waals surface area contributed by atoms with E-state index in [1.54, 1.807) is 0 Å². The minimum atomic E-state index is -0.0343. The maximum absolute atomic E-state index is 12.9. The van der Waals surface area contributed by atoms with Crippen LogP contribution in [-0.4, -0.2) is 54.6 Å². The van der Waals surface area contributed by atoms with Crippen molar-refractivity contribution in [1.29, 1.82) is 5.26 Å². The number of piperazine rings is 1. The number of anilines is 2. The molecule has 1 aromatic heterocycles. The molecule has 6 heteroatoms. The van der Waals surface area contributed by atoms with E-state index in [2.05, 4.69) is 20.9 Å². The van der Waals surface area contributed by atoms with E-state index in [4.69, 9.17) is 0 Å². The Kier molecular flexibility index (Phi) is 4.78. The number of nitrogens with zero attached hydrogens (tertiary/aromatic N) is 5. The number of nitriles is 1. The number of carbonyl (C=O) groups is 1. The maximum Gasteiger partial charge on any atom is 0.244 e. The van der Waals surface area contributed by atoms with Crippen LogP contribution in [0.15, 0.2) is 42.5 Å². The molecule has 0 spiro atoms. The van der Waals surface area contributed by atoms with Crippen LogP contribution in [0.3, 0.4) is 0 Å². The minimum Gasteiger partial charge on any atom is -0.354 e. The summed E-state index contributed by atoms with van der Waals surface area (Å²) in [6.45, 7) is 5.97. The molecule has 138 valence electrons. The highest BCUT2D eigenvalue weighted by atomic mass is 16.2. The summed E-state index contributed by atoms with van der Waals surface area (Å²) < 4.78 is 0. The number of carbonyl (C=O) groups excluding carboxylic acids is 1. The number of aryl methyl sites for hydroxylation is 1. The number of rotatable bonds is 3. The first-order valence-corrected chi connectivity index (χ1v) is 9.40. The van der Waals surface area contributed by atoms with Gasteiger partial charge in [-0.25, -0.2) is 4.98 Å². The molecule has 2 aliphatic rings. The Morgan fingerprint density at radius 3 is 2.48 bits per heavy atom. The van der Waals surface area contributed by atoms with Crippen molar-refractivity contribution in [3.05, 3.63) is 53.7 Å². The number of aromatic nitrogens is 1. The van der Waals surface area contributed by atoms with Gasteiger partial charge in [0, 0.05) is 38.4 Å². The lowest BCUT2D eigenvalue weighted by atomic mass is 10.1. The fourth-order valence-electron chi connectivity index (χ4n) is 3.94. The molecule has 0 bridgehead atoms. The van der Waals surface area contributed by atoms with Crippen LogP contribution < -0.4 is 9.80 Å². The molecule has 4 rings (SSSR count). The molecule has 2 aliphatic heterocycles. The van der Waals surface area contributed by atoms with Crippen LogP contribution in [0.5, 0.6) is 0 Å². The lowest BCUT2D eigenvalue weighted by Gasteiger charge is -2.37. The number of benzene rings is 1. The number of amides is 1. The van der Waals surface area contributed by atoms with Crippen molar-refractivity contribution in [2.75, 3.05) is 42.5 Å². The van der Waals surface area contributed by atoms with Gasteiger partial charge in [-0.2, -0.15) is 5.26 Å². The van der Waals surface area contributed by atoms with Gasteiger partial charge in [-0.05, 0) is 37.1 Å². The van der Waals surface area contributed by atoms with Gasteiger partial charge in [0.25, 0.3) is 0 Å². The summed E-state index contributed by atoms with van der Waals surface area (Å²) in [7, 11) is 0. The van der Waals surface area contributed by atoms with E-state index < -0.39 is 0 Å². The summed E-state index contributed by atoms with van der Waals surface area (Å²) >= 11 is 0. The van der Waals surface area contributed by atoms with E-state index in [0.717, 1.165) is 56.2 Å². The van der Waals surface area contributed by atoms with E-state index >= 15 is 0 Å². The Morgan fingerprint density at radius 1 is 1.04 bits per heavy atom. The quantitative estimate of drug-likeness (QED) is 0.839. The normalized spacial score (nSPS) is 20.7. The second kappa shape index (κ2) is 7.37. The van der Waals surface area contributed by atoms with Crippen LogP contribution >= 0.6 is 0 Å². The zero-order chi connectivity index (χ0) is 18.8. The van der Waals surface area contributed by atoms with Gasteiger partial charge < -0.3 is 9.80 Å². The Hall–Kier alpha value is -2.91. The highest BCUT2D eigenvalue weighted by Crippen LogP contribution is 2.25. The van der Waals surface area contributed by atoms with E-state index in [0.29, 0.717) is 5.69 Å². The number of hydrogen-bond acceptors (Lipinski definition) is 5. The van der Waals surface area contributed by atoms with Gasteiger partial charge in [0.2, 0.25) is 5.91 Å². The van der Waals surface area contributed by atoms with Crippen LogP contribution in [-0.2, 0) is 4.79 Å². The van der Waals surface area contributed by atoms with Crippen molar-refractivity contribution in [2.45, 2.75) is 19.4 Å². The zero-order valence-corrected chi connectivity index (χ0v) is 15.5. The van der Waals surface area contributed by atoms with Gasteiger partial charge in [-0.1, -0.05) is 24.3 Å². The van der Waals surface area contributed by atoms with Crippen molar-refractivity contribution in [3.63, 3.8) is 0 Å². The zero-order valence-electron chi connectivity index (χ0n) is 15.5. The summed E-state index contributed by atoms with van der Waals surface area (Å²) in [5.74, 6) is 1.05. The van der Waals surface area contributed by atoms with Gasteiger partial charge in [-0.15, -0.1) is 0 Å². The summed E-state index contributed by atoms with van der Waals surface area (Å²) in [5.41, 5.74) is 2.37. The summed E-state index contributed by atoms with van der Waals surface area (Å²) in [4.78, 5) is 23.8. The SMILES string of the molecule is Cc1ccc(N2CCN(C3CCN(c4ccccc4)C3=O)CC2)nc1C#N. The first kappa shape index (κ1) is 17.5. The molecule has 1 aromatic carbocycles. The van der Waals surface area contributed by atoms with Gasteiger partial charge in [0.1, 0.15) is 17.6 Å². The van der Waals surface area contributed by atoms with Crippen LogP contribution in [0.1, 0.15) is 17.7 Å². The van der Waals surface area contributed by atoms with E-state index in [9.17, 15) is 10.1 Å². The average Bonchev–Trinajstić information content (AvgIpc) is 3.10. The van der Waals surface area contributed by atoms with Crippen molar-refractivity contribution < 1.29 is 4.79 Å². The fourth-order valence-corrected chi connectivity index (χ4v) is 3.94. The van der Waals surface area contributed by atoms with Crippen molar-refractivity contribution in [1.82, 2.24) is 9.88 Å². The summed E-state index contributed by atoms with van der Waals surface area (Å²) in [6.07, 6.45) is 0.870. The van der Waals surface area contributed by atoms with Crippen LogP contribution in [0, 0.1) is 18.3 Å². The molecule has 0 saturated carbocycles. The third kappa shape index (κ3) is 3.38. The Balaban J connectivity index is 1.40. The van der Waals surface area contributed by atoms with Crippen LogP contribution in [0.25, 0.3) is 0 Å². The second-order valence-corrected chi connectivity index (χ2v) is 7.10. The van der Waals surface area contributed by atoms with Crippen LogP contribution in [0.2, 0.25) is 0 Å². The first-order chi connectivity index (χ1) is 13.2. The topological polar surface area (TPSA) is 63.5 Å². The largest absolute Gasteiger partial charge is 0.354 e. The molecule has 2 saturated heterocycles. The molecule has 2 aromatic rings. The molecular weight excluding hydrogens is 338 g/mol. The van der Waals surface area contributed by atoms with E-state index in [-0.39, 0.29) is 11.9 Å². The Labute approximate surface area is 159 Å².